The Balaban J connectivity index is 1.88. The minimum absolute atomic E-state index is 0.293. The van der Waals surface area contributed by atoms with Crippen LogP contribution < -0.4 is 5.32 Å². The van der Waals surface area contributed by atoms with Gasteiger partial charge in [-0.1, -0.05) is 53.5 Å². The number of benzene rings is 2. The third kappa shape index (κ3) is 3.14. The van der Waals surface area contributed by atoms with Crippen molar-refractivity contribution in [3.05, 3.63) is 69.5 Å². The molecule has 6 heteroatoms. The van der Waals surface area contributed by atoms with E-state index in [4.69, 9.17) is 23.2 Å². The van der Waals surface area contributed by atoms with Gasteiger partial charge >= 0.3 is 0 Å². The minimum Gasteiger partial charge on any atom is -0.319 e. The van der Waals surface area contributed by atoms with Gasteiger partial charge in [-0.3, -0.25) is 4.79 Å². The summed E-state index contributed by atoms with van der Waals surface area (Å²) in [6.07, 6.45) is 0. The molecule has 0 unspecified atom stereocenters. The summed E-state index contributed by atoms with van der Waals surface area (Å²) in [6, 6.07) is 14.4. The van der Waals surface area contributed by atoms with Crippen LogP contribution in [0.5, 0.6) is 0 Å². The van der Waals surface area contributed by atoms with Gasteiger partial charge in [-0.15, -0.1) is 0 Å². The second-order valence-electron chi connectivity index (χ2n) is 4.52. The molecule has 0 aliphatic rings. The van der Waals surface area contributed by atoms with E-state index in [1.807, 2.05) is 30.3 Å². The van der Waals surface area contributed by atoms with Crippen LogP contribution in [-0.4, -0.2) is 10.3 Å². The molecule has 0 atom stereocenters. The van der Waals surface area contributed by atoms with Crippen LogP contribution in [-0.2, 0) is 0 Å². The summed E-state index contributed by atoms with van der Waals surface area (Å²) < 4.78 is 4.34. The monoisotopic (exact) mass is 348 g/mol. The Bertz CT molecular complexity index is 818. The Morgan fingerprint density at radius 3 is 2.59 bits per heavy atom. The molecule has 0 saturated heterocycles. The van der Waals surface area contributed by atoms with E-state index in [0.717, 1.165) is 11.3 Å². The van der Waals surface area contributed by atoms with E-state index in [-0.39, 0.29) is 5.91 Å². The number of aromatic nitrogens is 1. The molecule has 3 rings (SSSR count). The van der Waals surface area contributed by atoms with E-state index in [9.17, 15) is 4.79 Å². The number of amides is 1. The number of anilines is 1. The molecule has 0 bridgehead atoms. The molecule has 1 heterocycles. The molecule has 0 aliphatic heterocycles. The highest BCUT2D eigenvalue weighted by Gasteiger charge is 2.15. The van der Waals surface area contributed by atoms with Gasteiger partial charge in [0.05, 0.1) is 16.3 Å². The molecule has 1 amide bonds. The van der Waals surface area contributed by atoms with Crippen LogP contribution in [0.2, 0.25) is 10.0 Å². The Morgan fingerprint density at radius 1 is 1.09 bits per heavy atom. The smallest absolute Gasteiger partial charge is 0.257 e. The van der Waals surface area contributed by atoms with Crippen molar-refractivity contribution < 1.29 is 4.79 Å². The number of halogens is 2. The Labute approximate surface area is 141 Å². The van der Waals surface area contributed by atoms with Crippen LogP contribution in [0.4, 0.5) is 5.69 Å². The summed E-state index contributed by atoms with van der Waals surface area (Å²) in [5, 5.41) is 5.45. The zero-order chi connectivity index (χ0) is 15.5. The van der Waals surface area contributed by atoms with Crippen molar-refractivity contribution >= 4 is 46.3 Å². The van der Waals surface area contributed by atoms with Gasteiger partial charge in [0.15, 0.2) is 0 Å². The lowest BCUT2D eigenvalue weighted by molar-refractivity contribution is 0.102. The van der Waals surface area contributed by atoms with E-state index in [0.29, 0.717) is 21.3 Å². The number of nitrogens with zero attached hydrogens (tertiary/aromatic N) is 1. The SMILES string of the molecule is O=C(Nc1csnc1-c1ccccc1)c1ccc(Cl)cc1Cl. The predicted octanol–water partition coefficient (Wildman–Crippen LogP) is 5.37. The molecule has 22 heavy (non-hydrogen) atoms. The summed E-state index contributed by atoms with van der Waals surface area (Å²) in [6.45, 7) is 0. The normalized spacial score (nSPS) is 10.5. The lowest BCUT2D eigenvalue weighted by atomic mass is 10.1. The minimum atomic E-state index is -0.293. The van der Waals surface area contributed by atoms with Gasteiger partial charge < -0.3 is 5.32 Å². The van der Waals surface area contributed by atoms with Crippen molar-refractivity contribution in [3.63, 3.8) is 0 Å². The number of carbonyl (C=O) groups excluding carboxylic acids is 1. The Kier molecular flexibility index (Phi) is 4.43. The molecule has 3 nitrogen and oxygen atoms in total. The summed E-state index contributed by atoms with van der Waals surface area (Å²) in [5.41, 5.74) is 2.72. The van der Waals surface area contributed by atoms with Crippen molar-refractivity contribution in [1.82, 2.24) is 4.37 Å². The highest BCUT2D eigenvalue weighted by molar-refractivity contribution is 7.04. The molecule has 1 N–H and O–H groups in total. The molecule has 3 aromatic rings. The number of hydrogen-bond acceptors (Lipinski definition) is 3. The first-order valence-corrected chi connectivity index (χ1v) is 8.00. The van der Waals surface area contributed by atoms with Crippen LogP contribution in [0.1, 0.15) is 10.4 Å². The maximum atomic E-state index is 12.4. The molecule has 2 aromatic carbocycles. The van der Waals surface area contributed by atoms with Gasteiger partial charge in [-0.25, -0.2) is 0 Å². The number of hydrogen-bond donors (Lipinski definition) is 1. The van der Waals surface area contributed by atoms with Crippen molar-refractivity contribution in [2.24, 2.45) is 0 Å². The molecular formula is C16H10Cl2N2OS. The first kappa shape index (κ1) is 15.0. The fourth-order valence-corrected chi connectivity index (χ4v) is 3.13. The second kappa shape index (κ2) is 6.48. The average Bonchev–Trinajstić information content (AvgIpc) is 2.96. The van der Waals surface area contributed by atoms with E-state index in [1.165, 1.54) is 11.5 Å². The standard InChI is InChI=1S/C16H10Cl2N2OS/c17-11-6-7-12(13(18)8-11)16(21)19-14-9-22-20-15(14)10-4-2-1-3-5-10/h1-9H,(H,19,21). The lowest BCUT2D eigenvalue weighted by Crippen LogP contribution is -2.12. The fraction of sp³-hybridized carbons (Fsp3) is 0. The van der Waals surface area contributed by atoms with Crippen molar-refractivity contribution in [2.45, 2.75) is 0 Å². The fourth-order valence-electron chi connectivity index (χ4n) is 1.99. The van der Waals surface area contributed by atoms with Gasteiger partial charge in [0.2, 0.25) is 0 Å². The van der Waals surface area contributed by atoms with Crippen LogP contribution in [0.15, 0.2) is 53.9 Å². The van der Waals surface area contributed by atoms with Crippen LogP contribution in [0.3, 0.4) is 0 Å². The number of nitrogens with one attached hydrogen (secondary N) is 1. The van der Waals surface area contributed by atoms with Gasteiger partial charge in [0.25, 0.3) is 5.91 Å². The van der Waals surface area contributed by atoms with E-state index >= 15 is 0 Å². The largest absolute Gasteiger partial charge is 0.319 e. The van der Waals surface area contributed by atoms with Gasteiger partial charge in [0, 0.05) is 16.0 Å². The Morgan fingerprint density at radius 2 is 1.86 bits per heavy atom. The first-order chi connectivity index (χ1) is 10.6. The maximum absolute atomic E-state index is 12.4. The molecule has 0 spiro atoms. The van der Waals surface area contributed by atoms with Crippen molar-refractivity contribution in [3.8, 4) is 11.3 Å². The van der Waals surface area contributed by atoms with Crippen LogP contribution in [0, 0.1) is 0 Å². The molecule has 0 fully saturated rings. The molecule has 0 radical (unpaired) electrons. The number of carbonyl (C=O) groups is 1. The Hall–Kier alpha value is -1.88. The second-order valence-corrected chi connectivity index (χ2v) is 5.99. The van der Waals surface area contributed by atoms with Crippen LogP contribution in [0.25, 0.3) is 11.3 Å². The van der Waals surface area contributed by atoms with Crippen LogP contribution >= 0.6 is 34.7 Å². The third-order valence-corrected chi connectivity index (χ3v) is 4.22. The van der Waals surface area contributed by atoms with Crippen molar-refractivity contribution in [1.29, 1.82) is 0 Å². The number of rotatable bonds is 3. The molecule has 0 saturated carbocycles. The molecular weight excluding hydrogens is 339 g/mol. The predicted molar refractivity (Wildman–Crippen MR) is 92.0 cm³/mol. The first-order valence-electron chi connectivity index (χ1n) is 6.41. The summed E-state index contributed by atoms with van der Waals surface area (Å²) in [4.78, 5) is 12.4. The zero-order valence-electron chi connectivity index (χ0n) is 11.2. The van der Waals surface area contributed by atoms with Gasteiger partial charge in [-0.2, -0.15) is 4.37 Å². The third-order valence-electron chi connectivity index (χ3n) is 3.04. The quantitative estimate of drug-likeness (QED) is 0.691. The summed E-state index contributed by atoms with van der Waals surface area (Å²) >= 11 is 13.2. The zero-order valence-corrected chi connectivity index (χ0v) is 13.5. The molecule has 1 aromatic heterocycles. The lowest BCUT2D eigenvalue weighted by Gasteiger charge is -2.07. The summed E-state index contributed by atoms with van der Waals surface area (Å²) in [5.74, 6) is -0.293. The van der Waals surface area contributed by atoms with E-state index < -0.39 is 0 Å². The summed E-state index contributed by atoms with van der Waals surface area (Å²) in [7, 11) is 0. The van der Waals surface area contributed by atoms with Gasteiger partial charge in [0.1, 0.15) is 5.69 Å². The maximum Gasteiger partial charge on any atom is 0.257 e. The van der Waals surface area contributed by atoms with E-state index in [1.54, 1.807) is 23.6 Å². The topological polar surface area (TPSA) is 42.0 Å². The highest BCUT2D eigenvalue weighted by atomic mass is 35.5. The molecule has 0 aliphatic carbocycles. The average molecular weight is 349 g/mol. The van der Waals surface area contributed by atoms with Crippen molar-refractivity contribution in [2.75, 3.05) is 5.32 Å². The van der Waals surface area contributed by atoms with Gasteiger partial charge in [-0.05, 0) is 29.7 Å². The van der Waals surface area contributed by atoms with E-state index in [2.05, 4.69) is 9.69 Å². The molecule has 110 valence electrons. The highest BCUT2D eigenvalue weighted by Crippen LogP contribution is 2.29.